The van der Waals surface area contributed by atoms with Crippen molar-refractivity contribution in [3.8, 4) is 5.75 Å². The van der Waals surface area contributed by atoms with Crippen LogP contribution in [0.5, 0.6) is 5.75 Å². The quantitative estimate of drug-likeness (QED) is 0.772. The van der Waals surface area contributed by atoms with Crippen molar-refractivity contribution in [2.24, 2.45) is 0 Å². The third-order valence-corrected chi connectivity index (χ3v) is 4.45. The van der Waals surface area contributed by atoms with Crippen molar-refractivity contribution in [3.05, 3.63) is 59.7 Å². The highest BCUT2D eigenvalue weighted by atomic mass is 32.2. The number of benzene rings is 2. The normalized spacial score (nSPS) is 13.7. The van der Waals surface area contributed by atoms with E-state index in [1.165, 1.54) is 16.0 Å². The van der Waals surface area contributed by atoms with E-state index in [9.17, 15) is 0 Å². The lowest BCUT2D eigenvalue weighted by molar-refractivity contribution is 0.412. The molecule has 0 spiro atoms. The Morgan fingerprint density at radius 2 is 1.62 bits per heavy atom. The van der Waals surface area contributed by atoms with Crippen LogP contribution >= 0.6 is 11.8 Å². The Kier molecular flexibility index (Phi) is 5.71. The van der Waals surface area contributed by atoms with E-state index < -0.39 is 0 Å². The standard InChI is InChI=1S/C18H23NOS/c1-13(15-8-10-18(21-4)11-9-15)19-14(2)16-6-5-7-17(12-16)20-3/h5-14,19H,1-4H3/t13?,14-/m0/s1. The van der Waals surface area contributed by atoms with Gasteiger partial charge in [-0.2, -0.15) is 0 Å². The van der Waals surface area contributed by atoms with Gasteiger partial charge in [0.25, 0.3) is 0 Å². The van der Waals surface area contributed by atoms with Crippen LogP contribution in [0, 0.1) is 0 Å². The Morgan fingerprint density at radius 3 is 2.24 bits per heavy atom. The Hall–Kier alpha value is -1.45. The second-order valence-corrected chi connectivity index (χ2v) is 6.04. The SMILES string of the molecule is COc1cccc([C@H](C)NC(C)c2ccc(SC)cc2)c1. The maximum Gasteiger partial charge on any atom is 0.119 e. The molecule has 0 heterocycles. The molecule has 2 rings (SSSR count). The van der Waals surface area contributed by atoms with E-state index in [4.69, 9.17) is 4.74 Å². The largest absolute Gasteiger partial charge is 0.497 e. The first-order valence-corrected chi connectivity index (χ1v) is 8.40. The number of ether oxygens (including phenoxy) is 1. The van der Waals surface area contributed by atoms with Gasteiger partial charge in [0, 0.05) is 17.0 Å². The van der Waals surface area contributed by atoms with Crippen molar-refractivity contribution in [1.29, 1.82) is 0 Å². The van der Waals surface area contributed by atoms with Gasteiger partial charge in [-0.1, -0.05) is 24.3 Å². The molecule has 0 bridgehead atoms. The molecule has 0 aromatic heterocycles. The molecule has 2 aromatic rings. The van der Waals surface area contributed by atoms with Gasteiger partial charge in [-0.3, -0.25) is 0 Å². The molecule has 0 fully saturated rings. The third-order valence-electron chi connectivity index (χ3n) is 3.71. The predicted molar refractivity (Wildman–Crippen MR) is 91.2 cm³/mol. The Bertz CT molecular complexity index is 568. The van der Waals surface area contributed by atoms with E-state index in [1.807, 2.05) is 12.1 Å². The van der Waals surface area contributed by atoms with Crippen molar-refractivity contribution in [3.63, 3.8) is 0 Å². The lowest BCUT2D eigenvalue weighted by Gasteiger charge is -2.21. The minimum Gasteiger partial charge on any atom is -0.497 e. The zero-order valence-corrected chi connectivity index (χ0v) is 13.9. The molecule has 0 amide bonds. The summed E-state index contributed by atoms with van der Waals surface area (Å²) in [6.07, 6.45) is 2.10. The van der Waals surface area contributed by atoms with E-state index in [0.29, 0.717) is 6.04 Å². The van der Waals surface area contributed by atoms with Crippen molar-refractivity contribution >= 4 is 11.8 Å². The number of methoxy groups -OCH3 is 1. The Balaban J connectivity index is 2.04. The minimum absolute atomic E-state index is 0.273. The van der Waals surface area contributed by atoms with Crippen LogP contribution in [0.1, 0.15) is 37.1 Å². The molecule has 0 aliphatic carbocycles. The minimum atomic E-state index is 0.273. The van der Waals surface area contributed by atoms with E-state index in [0.717, 1.165) is 5.75 Å². The van der Waals surface area contributed by atoms with Gasteiger partial charge in [-0.15, -0.1) is 11.8 Å². The van der Waals surface area contributed by atoms with Crippen LogP contribution in [0.2, 0.25) is 0 Å². The fourth-order valence-electron chi connectivity index (χ4n) is 2.37. The topological polar surface area (TPSA) is 21.3 Å². The van der Waals surface area contributed by atoms with E-state index in [2.05, 4.69) is 61.8 Å². The van der Waals surface area contributed by atoms with E-state index in [-0.39, 0.29) is 6.04 Å². The number of hydrogen-bond acceptors (Lipinski definition) is 3. The monoisotopic (exact) mass is 301 g/mol. The van der Waals surface area contributed by atoms with Gasteiger partial charge in [0.1, 0.15) is 5.75 Å². The molecule has 2 atom stereocenters. The highest BCUT2D eigenvalue weighted by Crippen LogP contribution is 2.23. The maximum atomic E-state index is 5.29. The van der Waals surface area contributed by atoms with Gasteiger partial charge in [0.2, 0.25) is 0 Å². The zero-order valence-electron chi connectivity index (χ0n) is 13.1. The van der Waals surface area contributed by atoms with Crippen LogP contribution in [0.25, 0.3) is 0 Å². The number of nitrogens with one attached hydrogen (secondary N) is 1. The first-order chi connectivity index (χ1) is 10.1. The number of hydrogen-bond donors (Lipinski definition) is 1. The summed E-state index contributed by atoms with van der Waals surface area (Å²) in [5, 5.41) is 3.64. The maximum absolute atomic E-state index is 5.29. The van der Waals surface area contributed by atoms with Gasteiger partial charge >= 0.3 is 0 Å². The lowest BCUT2D eigenvalue weighted by Crippen LogP contribution is -2.22. The van der Waals surface area contributed by atoms with E-state index >= 15 is 0 Å². The first kappa shape index (κ1) is 15.9. The molecule has 112 valence electrons. The average molecular weight is 301 g/mol. The lowest BCUT2D eigenvalue weighted by atomic mass is 10.0. The second kappa shape index (κ2) is 7.53. The average Bonchev–Trinajstić information content (AvgIpc) is 2.54. The van der Waals surface area contributed by atoms with Crippen LogP contribution in [-0.2, 0) is 0 Å². The summed E-state index contributed by atoms with van der Waals surface area (Å²) in [5.74, 6) is 0.901. The summed E-state index contributed by atoms with van der Waals surface area (Å²) in [4.78, 5) is 1.30. The summed E-state index contributed by atoms with van der Waals surface area (Å²) < 4.78 is 5.29. The summed E-state index contributed by atoms with van der Waals surface area (Å²) in [7, 11) is 1.70. The van der Waals surface area contributed by atoms with Gasteiger partial charge in [0.05, 0.1) is 7.11 Å². The van der Waals surface area contributed by atoms with Crippen LogP contribution in [0.3, 0.4) is 0 Å². The number of rotatable bonds is 6. The van der Waals surface area contributed by atoms with Crippen LogP contribution in [0.4, 0.5) is 0 Å². The molecule has 0 radical (unpaired) electrons. The Morgan fingerprint density at radius 1 is 0.952 bits per heavy atom. The summed E-state index contributed by atoms with van der Waals surface area (Å²) in [6.45, 7) is 4.38. The van der Waals surface area contributed by atoms with E-state index in [1.54, 1.807) is 18.9 Å². The molecular formula is C18H23NOS. The molecule has 0 saturated carbocycles. The van der Waals surface area contributed by atoms with Gasteiger partial charge in [-0.25, -0.2) is 0 Å². The highest BCUT2D eigenvalue weighted by Gasteiger charge is 2.11. The van der Waals surface area contributed by atoms with Crippen LogP contribution in [0.15, 0.2) is 53.4 Å². The molecule has 2 aromatic carbocycles. The molecule has 0 aliphatic heterocycles. The molecule has 0 aliphatic rings. The molecular weight excluding hydrogens is 278 g/mol. The highest BCUT2D eigenvalue weighted by molar-refractivity contribution is 7.98. The van der Waals surface area contributed by atoms with Gasteiger partial charge in [-0.05, 0) is 55.5 Å². The van der Waals surface area contributed by atoms with Gasteiger partial charge in [0.15, 0.2) is 0 Å². The number of thioether (sulfide) groups is 1. The smallest absolute Gasteiger partial charge is 0.119 e. The fraction of sp³-hybridized carbons (Fsp3) is 0.333. The second-order valence-electron chi connectivity index (χ2n) is 5.16. The summed E-state index contributed by atoms with van der Waals surface area (Å²) >= 11 is 1.77. The van der Waals surface area contributed by atoms with Crippen molar-refractivity contribution < 1.29 is 4.74 Å². The van der Waals surface area contributed by atoms with Crippen LogP contribution in [-0.4, -0.2) is 13.4 Å². The van der Waals surface area contributed by atoms with Crippen molar-refractivity contribution in [1.82, 2.24) is 5.32 Å². The summed E-state index contributed by atoms with van der Waals surface area (Å²) in [6, 6.07) is 17.5. The Labute approximate surface area is 131 Å². The van der Waals surface area contributed by atoms with Crippen LogP contribution < -0.4 is 10.1 Å². The van der Waals surface area contributed by atoms with Crippen molar-refractivity contribution in [2.75, 3.05) is 13.4 Å². The first-order valence-electron chi connectivity index (χ1n) is 7.18. The van der Waals surface area contributed by atoms with Crippen molar-refractivity contribution in [2.45, 2.75) is 30.8 Å². The summed E-state index contributed by atoms with van der Waals surface area (Å²) in [5.41, 5.74) is 2.55. The molecule has 1 unspecified atom stereocenters. The molecule has 2 nitrogen and oxygen atoms in total. The molecule has 21 heavy (non-hydrogen) atoms. The molecule has 3 heteroatoms. The third kappa shape index (κ3) is 4.26. The predicted octanol–water partition coefficient (Wildman–Crippen LogP) is 4.83. The zero-order chi connectivity index (χ0) is 15.2. The van der Waals surface area contributed by atoms with Gasteiger partial charge < -0.3 is 10.1 Å². The molecule has 1 N–H and O–H groups in total. The molecule has 0 saturated heterocycles. The fourth-order valence-corrected chi connectivity index (χ4v) is 2.78.